The third-order valence-electron chi connectivity index (χ3n) is 5.79. The molecule has 0 unspecified atom stereocenters. The molecule has 1 aromatic heterocycles. The Bertz CT molecular complexity index is 711. The Kier molecular flexibility index (Phi) is 5.30. The summed E-state index contributed by atoms with van der Waals surface area (Å²) in [7, 11) is 0. The van der Waals surface area contributed by atoms with Crippen LogP contribution in [0.25, 0.3) is 0 Å². The van der Waals surface area contributed by atoms with Gasteiger partial charge in [-0.2, -0.15) is 0 Å². The van der Waals surface area contributed by atoms with Crippen molar-refractivity contribution in [3.8, 4) is 5.75 Å². The van der Waals surface area contributed by atoms with Crippen LogP contribution >= 0.6 is 11.6 Å². The van der Waals surface area contributed by atoms with Crippen LogP contribution in [0.15, 0.2) is 36.7 Å². The summed E-state index contributed by atoms with van der Waals surface area (Å²) in [4.78, 5) is 11.0. The fourth-order valence-electron chi connectivity index (χ4n) is 4.14. The number of hydrogen-bond acceptors (Lipinski definition) is 4. The largest absolute Gasteiger partial charge is 0.494 e. The Balaban J connectivity index is 1.18. The van der Waals surface area contributed by atoms with Crippen LogP contribution in [-0.2, 0) is 0 Å². The molecule has 0 spiro atoms. The monoisotopic (exact) mass is 371 g/mol. The van der Waals surface area contributed by atoms with Gasteiger partial charge in [-0.3, -0.25) is 0 Å². The first-order valence-electron chi connectivity index (χ1n) is 9.61. The predicted molar refractivity (Wildman–Crippen MR) is 105 cm³/mol. The molecule has 2 aromatic rings. The standard InChI is InChI=1S/C21H26ClN3O/c1-15-2-4-19(5-3-15)26-11-8-17-12-20(17)16-6-9-25(10-7-16)21-23-13-18(22)14-24-21/h2-5,13-14,16-17,20H,6-12H2,1H3/t17-,20-/m1/s1. The average Bonchev–Trinajstić information content (AvgIpc) is 3.44. The molecule has 4 rings (SSSR count). The number of halogens is 1. The maximum atomic E-state index is 5.90. The van der Waals surface area contributed by atoms with Gasteiger partial charge in [0.15, 0.2) is 0 Å². The van der Waals surface area contributed by atoms with Gasteiger partial charge >= 0.3 is 0 Å². The zero-order valence-corrected chi connectivity index (χ0v) is 16.0. The maximum absolute atomic E-state index is 5.90. The number of aromatic nitrogens is 2. The van der Waals surface area contributed by atoms with E-state index in [1.807, 2.05) is 0 Å². The van der Waals surface area contributed by atoms with Gasteiger partial charge in [0.1, 0.15) is 5.75 Å². The van der Waals surface area contributed by atoms with E-state index in [-0.39, 0.29) is 0 Å². The van der Waals surface area contributed by atoms with E-state index in [9.17, 15) is 0 Å². The molecule has 2 aliphatic rings. The average molecular weight is 372 g/mol. The van der Waals surface area contributed by atoms with Crippen molar-refractivity contribution >= 4 is 17.5 Å². The first-order chi connectivity index (χ1) is 12.7. The highest BCUT2D eigenvalue weighted by atomic mass is 35.5. The van der Waals surface area contributed by atoms with Crippen LogP contribution in [-0.4, -0.2) is 29.7 Å². The molecule has 1 saturated carbocycles. The van der Waals surface area contributed by atoms with Crippen molar-refractivity contribution in [2.24, 2.45) is 17.8 Å². The minimum atomic E-state index is 0.595. The molecule has 0 amide bonds. The fourth-order valence-corrected chi connectivity index (χ4v) is 4.24. The lowest BCUT2D eigenvalue weighted by molar-refractivity contribution is 0.284. The number of aryl methyl sites for hydroxylation is 1. The van der Waals surface area contributed by atoms with E-state index in [1.165, 1.54) is 31.2 Å². The summed E-state index contributed by atoms with van der Waals surface area (Å²) in [6.07, 6.45) is 8.40. The molecule has 1 aliphatic carbocycles. The fraction of sp³-hybridized carbons (Fsp3) is 0.524. The molecule has 1 aliphatic heterocycles. The number of benzene rings is 1. The lowest BCUT2D eigenvalue weighted by Gasteiger charge is -2.32. The molecule has 2 fully saturated rings. The van der Waals surface area contributed by atoms with Crippen LogP contribution in [0.4, 0.5) is 5.95 Å². The van der Waals surface area contributed by atoms with Gasteiger partial charge in [-0.1, -0.05) is 29.3 Å². The van der Waals surface area contributed by atoms with Crippen LogP contribution in [0.3, 0.4) is 0 Å². The van der Waals surface area contributed by atoms with Gasteiger partial charge < -0.3 is 9.64 Å². The Morgan fingerprint density at radius 3 is 2.50 bits per heavy atom. The van der Waals surface area contributed by atoms with E-state index < -0.39 is 0 Å². The molecular formula is C21H26ClN3O. The molecule has 4 nitrogen and oxygen atoms in total. The third kappa shape index (κ3) is 4.29. The van der Waals surface area contributed by atoms with Gasteiger partial charge in [-0.15, -0.1) is 0 Å². The number of piperidine rings is 1. The Labute approximate surface area is 160 Å². The zero-order valence-electron chi connectivity index (χ0n) is 15.3. The van der Waals surface area contributed by atoms with Crippen molar-refractivity contribution in [1.82, 2.24) is 9.97 Å². The quantitative estimate of drug-likeness (QED) is 0.733. The second kappa shape index (κ2) is 7.83. The normalized spacial score (nSPS) is 23.1. The summed E-state index contributed by atoms with van der Waals surface area (Å²) in [5.41, 5.74) is 1.27. The molecule has 138 valence electrons. The van der Waals surface area contributed by atoms with Gasteiger partial charge in [-0.05, 0) is 62.5 Å². The van der Waals surface area contributed by atoms with Gasteiger partial charge in [-0.25, -0.2) is 9.97 Å². The molecule has 0 bridgehead atoms. The van der Waals surface area contributed by atoms with E-state index >= 15 is 0 Å². The molecule has 26 heavy (non-hydrogen) atoms. The topological polar surface area (TPSA) is 38.2 Å². The van der Waals surface area contributed by atoms with Crippen LogP contribution in [0.1, 0.15) is 31.2 Å². The van der Waals surface area contributed by atoms with Crippen molar-refractivity contribution in [1.29, 1.82) is 0 Å². The van der Waals surface area contributed by atoms with Crippen LogP contribution in [0.5, 0.6) is 5.75 Å². The Hall–Kier alpha value is -1.81. The molecule has 1 aromatic carbocycles. The molecule has 2 atom stereocenters. The number of rotatable bonds is 6. The van der Waals surface area contributed by atoms with Crippen molar-refractivity contribution in [3.63, 3.8) is 0 Å². The summed E-state index contributed by atoms with van der Waals surface area (Å²) in [6.45, 7) is 5.04. The number of nitrogens with zero attached hydrogens (tertiary/aromatic N) is 3. The Morgan fingerprint density at radius 2 is 1.81 bits per heavy atom. The first-order valence-corrected chi connectivity index (χ1v) is 9.99. The van der Waals surface area contributed by atoms with E-state index in [0.29, 0.717) is 5.02 Å². The van der Waals surface area contributed by atoms with Crippen LogP contribution in [0, 0.1) is 24.7 Å². The summed E-state index contributed by atoms with van der Waals surface area (Å²) in [6, 6.07) is 8.34. The summed E-state index contributed by atoms with van der Waals surface area (Å²) in [5.74, 6) is 4.40. The molecule has 5 heteroatoms. The highest BCUT2D eigenvalue weighted by molar-refractivity contribution is 6.30. The van der Waals surface area contributed by atoms with Crippen molar-refractivity contribution < 1.29 is 4.74 Å². The predicted octanol–water partition coefficient (Wildman–Crippen LogP) is 4.76. The SMILES string of the molecule is Cc1ccc(OCC[C@@H]2C[C@@H]2C2CCN(c3ncc(Cl)cn3)CC2)cc1. The number of hydrogen-bond donors (Lipinski definition) is 0. The maximum Gasteiger partial charge on any atom is 0.225 e. The first kappa shape index (κ1) is 17.6. The molecular weight excluding hydrogens is 346 g/mol. The van der Waals surface area contributed by atoms with Gasteiger partial charge in [0.2, 0.25) is 5.95 Å². The van der Waals surface area contributed by atoms with Crippen molar-refractivity contribution in [2.75, 3.05) is 24.6 Å². The minimum Gasteiger partial charge on any atom is -0.494 e. The molecule has 0 radical (unpaired) electrons. The Morgan fingerprint density at radius 1 is 1.12 bits per heavy atom. The van der Waals surface area contributed by atoms with Crippen molar-refractivity contribution in [2.45, 2.75) is 32.6 Å². The van der Waals surface area contributed by atoms with Crippen molar-refractivity contribution in [3.05, 3.63) is 47.2 Å². The van der Waals surface area contributed by atoms with Crippen LogP contribution < -0.4 is 9.64 Å². The number of anilines is 1. The summed E-state index contributed by atoms with van der Waals surface area (Å²) >= 11 is 5.87. The second-order valence-corrected chi connectivity index (χ2v) is 8.07. The second-order valence-electron chi connectivity index (χ2n) is 7.64. The van der Waals surface area contributed by atoms with E-state index in [1.54, 1.807) is 12.4 Å². The minimum absolute atomic E-state index is 0.595. The highest BCUT2D eigenvalue weighted by Crippen LogP contribution is 2.49. The summed E-state index contributed by atoms with van der Waals surface area (Å²) in [5, 5.41) is 0.595. The summed E-state index contributed by atoms with van der Waals surface area (Å²) < 4.78 is 5.90. The van der Waals surface area contributed by atoms with Gasteiger partial charge in [0.25, 0.3) is 0 Å². The molecule has 1 saturated heterocycles. The lowest BCUT2D eigenvalue weighted by Crippen LogP contribution is -2.35. The van der Waals surface area contributed by atoms with Crippen LogP contribution in [0.2, 0.25) is 5.02 Å². The third-order valence-corrected chi connectivity index (χ3v) is 5.99. The lowest BCUT2D eigenvalue weighted by atomic mass is 9.90. The highest BCUT2D eigenvalue weighted by Gasteiger charge is 2.43. The van der Waals surface area contributed by atoms with E-state index in [4.69, 9.17) is 16.3 Å². The van der Waals surface area contributed by atoms with E-state index in [0.717, 1.165) is 49.1 Å². The smallest absolute Gasteiger partial charge is 0.225 e. The van der Waals surface area contributed by atoms with Gasteiger partial charge in [0, 0.05) is 13.1 Å². The van der Waals surface area contributed by atoms with Gasteiger partial charge in [0.05, 0.1) is 24.0 Å². The molecule has 2 heterocycles. The number of ether oxygens (including phenoxy) is 1. The molecule has 0 N–H and O–H groups in total. The zero-order chi connectivity index (χ0) is 17.9. The van der Waals surface area contributed by atoms with E-state index in [2.05, 4.69) is 46.1 Å².